The molecule has 4 nitrogen and oxygen atoms in total. The van der Waals surface area contributed by atoms with Crippen molar-refractivity contribution < 1.29 is 4.79 Å². The molecule has 5 heteroatoms. The maximum absolute atomic E-state index is 12.8. The molecule has 1 saturated carbocycles. The molecule has 2 aromatic rings. The second-order valence-electron chi connectivity index (χ2n) is 6.57. The molecule has 0 unspecified atom stereocenters. The van der Waals surface area contributed by atoms with Crippen LogP contribution in [0.15, 0.2) is 30.5 Å². The molecule has 1 atom stereocenters. The lowest BCUT2D eigenvalue weighted by Crippen LogP contribution is -2.42. The Labute approximate surface area is 141 Å². The smallest absolute Gasteiger partial charge is 0.251 e. The summed E-state index contributed by atoms with van der Waals surface area (Å²) in [7, 11) is 0. The highest BCUT2D eigenvalue weighted by Crippen LogP contribution is 2.27. The number of H-pyrrole nitrogens is 1. The van der Waals surface area contributed by atoms with Crippen LogP contribution in [-0.4, -0.2) is 33.0 Å². The molecule has 1 aromatic heterocycles. The molecule has 2 aliphatic rings. The normalized spacial score (nSPS) is 22.8. The highest BCUT2D eigenvalue weighted by Gasteiger charge is 2.39. The Morgan fingerprint density at radius 3 is 2.78 bits per heavy atom. The lowest BCUT2D eigenvalue weighted by atomic mass is 9.94. The monoisotopic (exact) mass is 327 g/mol. The van der Waals surface area contributed by atoms with Crippen molar-refractivity contribution in [3.05, 3.63) is 36.0 Å². The summed E-state index contributed by atoms with van der Waals surface area (Å²) >= 11 is 5.45. The summed E-state index contributed by atoms with van der Waals surface area (Å²) < 4.78 is 0. The van der Waals surface area contributed by atoms with E-state index in [1.807, 2.05) is 23.2 Å². The van der Waals surface area contributed by atoms with Crippen molar-refractivity contribution in [2.24, 2.45) is 0 Å². The van der Waals surface area contributed by atoms with Gasteiger partial charge in [-0.2, -0.15) is 0 Å². The van der Waals surface area contributed by atoms with Gasteiger partial charge in [0, 0.05) is 29.6 Å². The summed E-state index contributed by atoms with van der Waals surface area (Å²) in [5, 5.41) is 5.05. The van der Waals surface area contributed by atoms with Crippen LogP contribution in [0.2, 0.25) is 0 Å². The number of thiocarbonyl (C=S) groups is 1. The Kier molecular flexibility index (Phi) is 3.81. The van der Waals surface area contributed by atoms with Gasteiger partial charge in [0.25, 0.3) is 5.91 Å². The van der Waals surface area contributed by atoms with Crippen molar-refractivity contribution in [3.8, 4) is 0 Å². The van der Waals surface area contributed by atoms with E-state index in [4.69, 9.17) is 12.2 Å². The number of amides is 1. The topological polar surface area (TPSA) is 48.1 Å². The summed E-state index contributed by atoms with van der Waals surface area (Å²) in [5.41, 5.74) is 2.28. The highest BCUT2D eigenvalue weighted by molar-refractivity contribution is 7.80. The Balaban J connectivity index is 1.54. The van der Waals surface area contributed by atoms with Gasteiger partial charge in [-0.05, 0) is 36.7 Å². The van der Waals surface area contributed by atoms with Crippen LogP contribution in [-0.2, 0) is 11.2 Å². The first kappa shape index (κ1) is 14.7. The SMILES string of the molecule is O=C1[C@H](Cc2c[nH]c3ccccc23)NC(=S)N1C1CCCCC1. The molecule has 0 bridgehead atoms. The third-order valence-electron chi connectivity index (χ3n) is 5.09. The van der Waals surface area contributed by atoms with Crippen LogP contribution in [0.1, 0.15) is 37.7 Å². The predicted octanol–water partition coefficient (Wildman–Crippen LogP) is 3.13. The number of hydrogen-bond acceptors (Lipinski definition) is 2. The summed E-state index contributed by atoms with van der Waals surface area (Å²) in [6.45, 7) is 0. The average molecular weight is 327 g/mol. The quantitative estimate of drug-likeness (QED) is 0.852. The largest absolute Gasteiger partial charge is 0.361 e. The number of fused-ring (bicyclic) bond motifs is 1. The van der Waals surface area contributed by atoms with Gasteiger partial charge in [-0.1, -0.05) is 37.5 Å². The van der Waals surface area contributed by atoms with E-state index in [2.05, 4.69) is 22.4 Å². The number of benzene rings is 1. The maximum atomic E-state index is 12.8. The summed E-state index contributed by atoms with van der Waals surface area (Å²) in [4.78, 5) is 18.0. The zero-order valence-electron chi connectivity index (χ0n) is 13.0. The van der Waals surface area contributed by atoms with Crippen molar-refractivity contribution in [3.63, 3.8) is 0 Å². The van der Waals surface area contributed by atoms with E-state index in [1.165, 1.54) is 30.2 Å². The molecule has 2 heterocycles. The van der Waals surface area contributed by atoms with Crippen molar-refractivity contribution in [2.45, 2.75) is 50.6 Å². The average Bonchev–Trinajstić information content (AvgIpc) is 3.10. The standard InChI is InChI=1S/C18H21N3OS/c22-17-16(10-12-11-19-15-9-5-4-8-14(12)15)20-18(23)21(17)13-6-2-1-3-7-13/h4-5,8-9,11,13,16,19H,1-3,6-7,10H2,(H,20,23)/t16-/m0/s1. The van der Waals surface area contributed by atoms with Gasteiger partial charge in [0.1, 0.15) is 6.04 Å². The number of carbonyl (C=O) groups is 1. The van der Waals surface area contributed by atoms with Gasteiger partial charge in [-0.15, -0.1) is 0 Å². The van der Waals surface area contributed by atoms with Crippen LogP contribution in [0, 0.1) is 0 Å². The van der Waals surface area contributed by atoms with Gasteiger partial charge in [-0.25, -0.2) is 0 Å². The summed E-state index contributed by atoms with van der Waals surface area (Å²) in [6.07, 6.45) is 8.50. The van der Waals surface area contributed by atoms with Gasteiger partial charge in [-0.3, -0.25) is 9.69 Å². The zero-order valence-corrected chi connectivity index (χ0v) is 13.9. The van der Waals surface area contributed by atoms with Gasteiger partial charge < -0.3 is 10.3 Å². The molecule has 1 aliphatic heterocycles. The first-order chi connectivity index (χ1) is 11.2. The maximum Gasteiger partial charge on any atom is 0.251 e. The minimum absolute atomic E-state index is 0.146. The molecule has 2 N–H and O–H groups in total. The van der Waals surface area contributed by atoms with Crippen molar-refractivity contribution in [1.82, 2.24) is 15.2 Å². The minimum atomic E-state index is -0.233. The fourth-order valence-electron chi connectivity index (χ4n) is 3.89. The van der Waals surface area contributed by atoms with E-state index in [0.717, 1.165) is 18.4 Å². The predicted molar refractivity (Wildman–Crippen MR) is 95.2 cm³/mol. The number of nitrogens with zero attached hydrogens (tertiary/aromatic N) is 1. The minimum Gasteiger partial charge on any atom is -0.361 e. The molecule has 1 amide bonds. The van der Waals surface area contributed by atoms with Gasteiger partial charge >= 0.3 is 0 Å². The van der Waals surface area contributed by atoms with E-state index in [9.17, 15) is 4.79 Å². The molecule has 120 valence electrons. The van der Waals surface area contributed by atoms with E-state index < -0.39 is 0 Å². The molecule has 0 spiro atoms. The molecule has 0 radical (unpaired) electrons. The Hall–Kier alpha value is -1.88. The lowest BCUT2D eigenvalue weighted by molar-refractivity contribution is -0.128. The third-order valence-corrected chi connectivity index (χ3v) is 5.41. The van der Waals surface area contributed by atoms with Crippen LogP contribution in [0.25, 0.3) is 10.9 Å². The Morgan fingerprint density at radius 2 is 1.96 bits per heavy atom. The summed E-state index contributed by atoms with van der Waals surface area (Å²) in [6, 6.07) is 8.26. The molecular formula is C18H21N3OS. The molecule has 4 rings (SSSR count). The number of hydrogen-bond donors (Lipinski definition) is 2. The van der Waals surface area contributed by atoms with E-state index in [-0.39, 0.29) is 11.9 Å². The number of rotatable bonds is 3. The van der Waals surface area contributed by atoms with Crippen molar-refractivity contribution in [1.29, 1.82) is 0 Å². The van der Waals surface area contributed by atoms with E-state index in [0.29, 0.717) is 17.6 Å². The second kappa shape index (κ2) is 5.96. The second-order valence-corrected chi connectivity index (χ2v) is 6.95. The fourth-order valence-corrected chi connectivity index (χ4v) is 4.27. The first-order valence-corrected chi connectivity index (χ1v) is 8.83. The summed E-state index contributed by atoms with van der Waals surface area (Å²) in [5.74, 6) is 0.146. The Bertz CT molecular complexity index is 748. The number of carbonyl (C=O) groups excluding carboxylic acids is 1. The third kappa shape index (κ3) is 2.63. The van der Waals surface area contributed by atoms with Gasteiger partial charge in [0.2, 0.25) is 0 Å². The van der Waals surface area contributed by atoms with Crippen LogP contribution in [0.4, 0.5) is 0 Å². The molecule has 1 aliphatic carbocycles. The number of para-hydroxylation sites is 1. The number of aromatic amines is 1. The van der Waals surface area contributed by atoms with Gasteiger partial charge in [0.05, 0.1) is 0 Å². The Morgan fingerprint density at radius 1 is 1.17 bits per heavy atom. The molecule has 1 saturated heterocycles. The zero-order chi connectivity index (χ0) is 15.8. The van der Waals surface area contributed by atoms with Crippen molar-refractivity contribution >= 4 is 34.1 Å². The van der Waals surface area contributed by atoms with Crippen LogP contribution in [0.5, 0.6) is 0 Å². The number of nitrogens with one attached hydrogen (secondary N) is 2. The van der Waals surface area contributed by atoms with Crippen LogP contribution < -0.4 is 5.32 Å². The van der Waals surface area contributed by atoms with E-state index in [1.54, 1.807) is 0 Å². The number of aromatic nitrogens is 1. The van der Waals surface area contributed by atoms with Crippen LogP contribution >= 0.6 is 12.2 Å². The van der Waals surface area contributed by atoms with Crippen molar-refractivity contribution in [2.75, 3.05) is 0 Å². The fraction of sp³-hybridized carbons (Fsp3) is 0.444. The van der Waals surface area contributed by atoms with Gasteiger partial charge in [0.15, 0.2) is 5.11 Å². The molecule has 1 aromatic carbocycles. The first-order valence-electron chi connectivity index (χ1n) is 8.42. The van der Waals surface area contributed by atoms with E-state index >= 15 is 0 Å². The van der Waals surface area contributed by atoms with Crippen LogP contribution in [0.3, 0.4) is 0 Å². The molecule has 2 fully saturated rings. The molecular weight excluding hydrogens is 306 g/mol. The highest BCUT2D eigenvalue weighted by atomic mass is 32.1. The lowest BCUT2D eigenvalue weighted by Gasteiger charge is -2.30. The molecule has 23 heavy (non-hydrogen) atoms.